The van der Waals surface area contributed by atoms with Gasteiger partial charge in [-0.05, 0) is 18.9 Å². The van der Waals surface area contributed by atoms with Gasteiger partial charge in [-0.25, -0.2) is 0 Å². The first-order valence-electron chi connectivity index (χ1n) is 8.21. The standard InChI is InChI=1S/C13H19NO3S/c1-11-13(17-18(2,15)16)8-9-14(11)10-12-6-4-3-5-7-12/h3-7,11,13H,8-10H2,1-2H3/t11-,13?/m1/s1/i3D,4D,5D,6D,7D. The van der Waals surface area contributed by atoms with E-state index in [-0.39, 0.29) is 42.3 Å². The summed E-state index contributed by atoms with van der Waals surface area (Å²) in [7, 11) is -3.56. The van der Waals surface area contributed by atoms with E-state index in [1.807, 2.05) is 4.90 Å². The molecule has 1 aliphatic heterocycles. The van der Waals surface area contributed by atoms with Crippen molar-refractivity contribution in [3.05, 3.63) is 35.8 Å². The number of hydrogen-bond donors (Lipinski definition) is 0. The molecule has 2 atom stereocenters. The van der Waals surface area contributed by atoms with Crippen molar-refractivity contribution >= 4 is 10.1 Å². The van der Waals surface area contributed by atoms with Crippen LogP contribution in [-0.4, -0.2) is 38.3 Å². The Labute approximate surface area is 116 Å². The molecule has 0 N–H and O–H groups in total. The van der Waals surface area contributed by atoms with Crippen LogP contribution in [-0.2, 0) is 20.8 Å². The van der Waals surface area contributed by atoms with Crippen LogP contribution in [0.1, 0.15) is 25.8 Å². The van der Waals surface area contributed by atoms with Crippen LogP contribution in [0.5, 0.6) is 0 Å². The van der Waals surface area contributed by atoms with Crippen molar-refractivity contribution in [2.75, 3.05) is 12.8 Å². The molecule has 1 aliphatic rings. The van der Waals surface area contributed by atoms with E-state index in [0.717, 1.165) is 6.26 Å². The Bertz CT molecular complexity index is 696. The topological polar surface area (TPSA) is 46.6 Å². The van der Waals surface area contributed by atoms with Gasteiger partial charge in [-0.2, -0.15) is 8.42 Å². The smallest absolute Gasteiger partial charge is 0.264 e. The predicted molar refractivity (Wildman–Crippen MR) is 70.6 cm³/mol. The van der Waals surface area contributed by atoms with Crippen LogP contribution in [0.2, 0.25) is 0 Å². The molecule has 1 aromatic carbocycles. The van der Waals surface area contributed by atoms with Crippen molar-refractivity contribution in [1.82, 2.24) is 4.90 Å². The second kappa shape index (κ2) is 5.38. The van der Waals surface area contributed by atoms with Crippen LogP contribution >= 0.6 is 0 Å². The summed E-state index contributed by atoms with van der Waals surface area (Å²) in [6.07, 6.45) is 1.01. The normalized spacial score (nSPS) is 29.3. The van der Waals surface area contributed by atoms with E-state index in [4.69, 9.17) is 11.0 Å². The first-order chi connectivity index (χ1) is 10.5. The molecule has 0 aliphatic carbocycles. The molecule has 1 heterocycles. The van der Waals surface area contributed by atoms with E-state index in [1.165, 1.54) is 0 Å². The summed E-state index contributed by atoms with van der Waals surface area (Å²) in [5.74, 6) is 0. The zero-order valence-electron chi connectivity index (χ0n) is 15.4. The fraction of sp³-hybridized carbons (Fsp3) is 0.538. The summed E-state index contributed by atoms with van der Waals surface area (Å²) >= 11 is 0. The van der Waals surface area contributed by atoms with Gasteiger partial charge in [-0.1, -0.05) is 30.2 Å². The summed E-state index contributed by atoms with van der Waals surface area (Å²) in [6.45, 7) is 2.49. The predicted octanol–water partition coefficient (Wildman–Crippen LogP) is 1.63. The van der Waals surface area contributed by atoms with Crippen LogP contribution in [0.4, 0.5) is 0 Å². The van der Waals surface area contributed by atoms with Crippen molar-refractivity contribution in [2.45, 2.75) is 32.0 Å². The number of rotatable bonds is 4. The molecule has 0 spiro atoms. The first-order valence-corrected chi connectivity index (χ1v) is 7.52. The highest BCUT2D eigenvalue weighted by atomic mass is 32.2. The minimum absolute atomic E-state index is 0.153. The number of benzene rings is 1. The van der Waals surface area contributed by atoms with Crippen LogP contribution in [0, 0.1) is 0 Å². The van der Waals surface area contributed by atoms with Gasteiger partial charge >= 0.3 is 0 Å². The van der Waals surface area contributed by atoms with Gasteiger partial charge in [0.2, 0.25) is 0 Å². The summed E-state index contributed by atoms with van der Waals surface area (Å²) < 4.78 is 66.4. The second-order valence-electron chi connectivity index (χ2n) is 4.44. The molecule has 0 amide bonds. The van der Waals surface area contributed by atoms with Crippen LogP contribution in [0.15, 0.2) is 30.2 Å². The van der Waals surface area contributed by atoms with E-state index in [2.05, 4.69) is 0 Å². The number of hydrogen-bond acceptors (Lipinski definition) is 4. The minimum Gasteiger partial charge on any atom is -0.294 e. The summed E-state index contributed by atoms with van der Waals surface area (Å²) in [5.41, 5.74) is 0.211. The van der Waals surface area contributed by atoms with Crippen LogP contribution in [0.25, 0.3) is 0 Å². The van der Waals surface area contributed by atoms with Gasteiger partial charge in [0, 0.05) is 19.1 Å². The van der Waals surface area contributed by atoms with Gasteiger partial charge < -0.3 is 0 Å². The molecule has 100 valence electrons. The van der Waals surface area contributed by atoms with Gasteiger partial charge in [0.1, 0.15) is 0 Å². The van der Waals surface area contributed by atoms with Crippen LogP contribution in [0.3, 0.4) is 0 Å². The molecule has 0 saturated carbocycles. The molecule has 2 rings (SSSR count). The van der Waals surface area contributed by atoms with E-state index in [0.29, 0.717) is 13.0 Å². The molecule has 1 aromatic rings. The Morgan fingerprint density at radius 1 is 1.44 bits per heavy atom. The molecule has 0 radical (unpaired) electrons. The molecule has 18 heavy (non-hydrogen) atoms. The molecule has 4 nitrogen and oxygen atoms in total. The highest BCUT2D eigenvalue weighted by molar-refractivity contribution is 7.86. The highest BCUT2D eigenvalue weighted by Gasteiger charge is 2.33. The van der Waals surface area contributed by atoms with E-state index >= 15 is 0 Å². The van der Waals surface area contributed by atoms with Gasteiger partial charge in [0.05, 0.1) is 19.2 Å². The molecule has 5 heteroatoms. The third-order valence-electron chi connectivity index (χ3n) is 3.03. The van der Waals surface area contributed by atoms with Gasteiger partial charge in [0.25, 0.3) is 10.1 Å². The fourth-order valence-corrected chi connectivity index (χ4v) is 2.81. The lowest BCUT2D eigenvalue weighted by Gasteiger charge is -2.23. The quantitative estimate of drug-likeness (QED) is 0.783. The maximum atomic E-state index is 11.3. The Morgan fingerprint density at radius 2 is 2.11 bits per heavy atom. The monoisotopic (exact) mass is 274 g/mol. The Morgan fingerprint density at radius 3 is 2.72 bits per heavy atom. The molecule has 1 fully saturated rings. The van der Waals surface area contributed by atoms with E-state index < -0.39 is 22.3 Å². The molecule has 0 aromatic heterocycles. The largest absolute Gasteiger partial charge is 0.294 e. The zero-order valence-corrected chi connectivity index (χ0v) is 11.2. The van der Waals surface area contributed by atoms with Crippen molar-refractivity contribution in [2.24, 2.45) is 0 Å². The van der Waals surface area contributed by atoms with Crippen LogP contribution < -0.4 is 0 Å². The molecule has 1 saturated heterocycles. The highest BCUT2D eigenvalue weighted by Crippen LogP contribution is 2.23. The third-order valence-corrected chi connectivity index (χ3v) is 3.62. The minimum atomic E-state index is -3.56. The Kier molecular flexibility index (Phi) is 2.48. The molecular formula is C13H19NO3S. The summed E-state index contributed by atoms with van der Waals surface area (Å²) in [5, 5.41) is 0. The van der Waals surface area contributed by atoms with Gasteiger partial charge in [-0.15, -0.1) is 0 Å². The third kappa shape index (κ3) is 3.54. The number of nitrogens with zero attached hydrogens (tertiary/aromatic N) is 1. The van der Waals surface area contributed by atoms with E-state index in [9.17, 15) is 8.42 Å². The summed E-state index contributed by atoms with van der Waals surface area (Å²) in [4.78, 5) is 1.86. The lowest BCUT2D eigenvalue weighted by Crippen LogP contribution is -2.34. The lowest BCUT2D eigenvalue weighted by atomic mass is 10.2. The second-order valence-corrected chi connectivity index (χ2v) is 6.04. The maximum Gasteiger partial charge on any atom is 0.264 e. The molecule has 0 bridgehead atoms. The van der Waals surface area contributed by atoms with Gasteiger partial charge in [-0.3, -0.25) is 9.08 Å². The van der Waals surface area contributed by atoms with Gasteiger partial charge in [0.15, 0.2) is 0 Å². The summed E-state index contributed by atoms with van der Waals surface area (Å²) in [6, 6.07) is -1.83. The lowest BCUT2D eigenvalue weighted by molar-refractivity contribution is 0.150. The van der Waals surface area contributed by atoms with Crippen molar-refractivity contribution in [3.63, 3.8) is 0 Å². The average molecular weight is 274 g/mol. The molecule has 1 unspecified atom stereocenters. The Hall–Kier alpha value is -0.910. The fourth-order valence-electron chi connectivity index (χ4n) is 2.11. The van der Waals surface area contributed by atoms with Crippen molar-refractivity contribution in [3.8, 4) is 0 Å². The number of likely N-dealkylation sites (tertiary alicyclic amines) is 1. The maximum absolute atomic E-state index is 11.3. The van der Waals surface area contributed by atoms with Crippen molar-refractivity contribution in [1.29, 1.82) is 0 Å². The first kappa shape index (κ1) is 8.30. The SMILES string of the molecule is [2H]c1c([2H])c([2H])c(CN2CCC(OS(C)(=O)=O)[C@H]2C)c([2H])c1[2H]. The zero-order chi connectivity index (χ0) is 17.5. The molecular weight excluding hydrogens is 250 g/mol. The average Bonchev–Trinajstić information content (AvgIpc) is 2.78. The van der Waals surface area contributed by atoms with Crippen molar-refractivity contribution < 1.29 is 19.5 Å². The van der Waals surface area contributed by atoms with E-state index in [1.54, 1.807) is 6.92 Å². The Balaban J connectivity index is 2.24.